The van der Waals surface area contributed by atoms with Gasteiger partial charge in [0.2, 0.25) is 5.91 Å². The number of hydrogen-bond donors (Lipinski definition) is 2. The van der Waals surface area contributed by atoms with E-state index in [0.29, 0.717) is 17.4 Å². The largest absolute Gasteiger partial charge is 0.756 e. The number of phosphoric ester groups is 1. The molecule has 8 nitrogen and oxygen atoms in total. The third kappa shape index (κ3) is 56.3. The van der Waals surface area contributed by atoms with Gasteiger partial charge in [0.25, 0.3) is 7.82 Å². The second kappa shape index (κ2) is 53.5. The molecule has 0 heterocycles. The topological polar surface area (TPSA) is 108 Å². The lowest BCUT2D eigenvalue weighted by atomic mass is 10.0. The van der Waals surface area contributed by atoms with Crippen LogP contribution in [-0.4, -0.2) is 68.5 Å². The normalized spacial score (nSPS) is 14.1. The van der Waals surface area contributed by atoms with Crippen LogP contribution in [0.4, 0.5) is 0 Å². The van der Waals surface area contributed by atoms with Crippen LogP contribution in [0, 0.1) is 0 Å². The van der Waals surface area contributed by atoms with Gasteiger partial charge in [-0.3, -0.25) is 9.36 Å². The number of likely N-dealkylation sites (N-methyl/N-ethyl adjacent to an activating group) is 1. The number of carbonyl (C=O) groups excluding carboxylic acids is 1. The molecule has 0 saturated carbocycles. The second-order valence-electron chi connectivity index (χ2n) is 22.4. The van der Waals surface area contributed by atoms with Gasteiger partial charge in [0, 0.05) is 6.42 Å². The fraction of sp³-hybridized carbons (Fsp3) is 0.887. The Bertz CT molecular complexity index is 1250. The number of amides is 1. The standard InChI is InChI=1S/C62H121N2O6P/c1-6-8-10-12-14-16-17-18-19-20-21-22-23-24-25-26-27-28-29-30-31-32-33-34-35-36-37-38-39-40-41-42-43-44-45-46-48-50-52-54-56-62(66)63-60(59-70-71(67,68)69-58-57-64(3,4)5)61(65)55-53-51-49-47-15-13-11-9-7-2/h7,9,15,47,53,55,60-61,65H,6,8,10-14,16-46,48-52,54,56-59H2,1-5H3,(H-,63,66,67,68)/b9-7+,47-15+,55-53+. The van der Waals surface area contributed by atoms with Crippen LogP contribution in [0.1, 0.15) is 303 Å². The fourth-order valence-corrected chi connectivity index (χ4v) is 10.1. The van der Waals surface area contributed by atoms with Crippen molar-refractivity contribution in [1.82, 2.24) is 5.32 Å². The molecular weight excluding hydrogens is 900 g/mol. The average Bonchev–Trinajstić information content (AvgIpc) is 3.33. The van der Waals surface area contributed by atoms with Gasteiger partial charge in [0.05, 0.1) is 39.9 Å². The number of nitrogens with zero attached hydrogens (tertiary/aromatic N) is 1. The number of unbranched alkanes of at least 4 members (excludes halogenated alkanes) is 41. The zero-order valence-electron chi connectivity index (χ0n) is 47.9. The number of nitrogens with one attached hydrogen (secondary N) is 1. The van der Waals surface area contributed by atoms with Gasteiger partial charge in [0.1, 0.15) is 13.2 Å². The van der Waals surface area contributed by atoms with Crippen molar-refractivity contribution in [2.24, 2.45) is 0 Å². The highest BCUT2D eigenvalue weighted by atomic mass is 31.2. The summed E-state index contributed by atoms with van der Waals surface area (Å²) in [6, 6.07) is -0.906. The van der Waals surface area contributed by atoms with Gasteiger partial charge in [-0.25, -0.2) is 0 Å². The molecule has 9 heteroatoms. The van der Waals surface area contributed by atoms with E-state index in [-0.39, 0.29) is 12.5 Å². The zero-order chi connectivity index (χ0) is 52.0. The first-order valence-electron chi connectivity index (χ1n) is 30.8. The Hall–Kier alpha value is -1.28. The molecule has 420 valence electrons. The molecule has 0 aromatic heterocycles. The summed E-state index contributed by atoms with van der Waals surface area (Å²) in [4.78, 5) is 25.3. The first-order valence-corrected chi connectivity index (χ1v) is 32.3. The predicted octanol–water partition coefficient (Wildman–Crippen LogP) is 18.3. The van der Waals surface area contributed by atoms with E-state index in [1.54, 1.807) is 6.08 Å². The maximum absolute atomic E-state index is 12.9. The van der Waals surface area contributed by atoms with Gasteiger partial charge in [0.15, 0.2) is 0 Å². The molecule has 0 radical (unpaired) electrons. The summed E-state index contributed by atoms with van der Waals surface area (Å²) in [6.07, 6.45) is 70.4. The van der Waals surface area contributed by atoms with Gasteiger partial charge in [-0.05, 0) is 39.0 Å². The highest BCUT2D eigenvalue weighted by Crippen LogP contribution is 2.38. The van der Waals surface area contributed by atoms with E-state index in [0.717, 1.165) is 44.9 Å². The molecule has 0 bridgehead atoms. The van der Waals surface area contributed by atoms with Crippen LogP contribution < -0.4 is 10.2 Å². The summed E-state index contributed by atoms with van der Waals surface area (Å²) in [5, 5.41) is 13.7. The van der Waals surface area contributed by atoms with Crippen molar-refractivity contribution in [2.75, 3.05) is 40.9 Å². The molecular formula is C62H121N2O6P. The Morgan fingerprint density at radius 2 is 0.817 bits per heavy atom. The molecule has 71 heavy (non-hydrogen) atoms. The minimum absolute atomic E-state index is 0.00813. The van der Waals surface area contributed by atoms with E-state index in [1.807, 2.05) is 40.2 Å². The van der Waals surface area contributed by atoms with E-state index < -0.39 is 26.6 Å². The number of phosphoric acid groups is 1. The van der Waals surface area contributed by atoms with Crippen LogP contribution >= 0.6 is 7.82 Å². The van der Waals surface area contributed by atoms with Crippen molar-refractivity contribution in [3.05, 3.63) is 36.5 Å². The van der Waals surface area contributed by atoms with Crippen LogP contribution in [0.2, 0.25) is 0 Å². The van der Waals surface area contributed by atoms with Crippen LogP contribution in [0.5, 0.6) is 0 Å². The molecule has 0 aliphatic rings. The summed E-state index contributed by atoms with van der Waals surface area (Å²) >= 11 is 0. The maximum atomic E-state index is 12.9. The Morgan fingerprint density at radius 1 is 0.507 bits per heavy atom. The SMILES string of the molecule is C/C=C/CC/C=C/CC/C=C/C(O)C(COP(=O)([O-])OCC[N+](C)(C)C)NC(=O)CCCCCCCCCCCCCCCCCCCCCCCCCCCCCCCCCCCCCCCCCC. The lowest BCUT2D eigenvalue weighted by Gasteiger charge is -2.29. The minimum Gasteiger partial charge on any atom is -0.756 e. The van der Waals surface area contributed by atoms with Crippen LogP contribution in [-0.2, 0) is 18.4 Å². The summed E-state index contributed by atoms with van der Waals surface area (Å²) in [7, 11) is 1.24. The van der Waals surface area contributed by atoms with Crippen LogP contribution in [0.15, 0.2) is 36.5 Å². The summed E-state index contributed by atoms with van der Waals surface area (Å²) < 4.78 is 23.2. The monoisotopic (exact) mass is 1020 g/mol. The van der Waals surface area contributed by atoms with Gasteiger partial charge >= 0.3 is 0 Å². The minimum atomic E-state index is -4.60. The molecule has 0 aliphatic heterocycles. The molecule has 0 aromatic carbocycles. The number of aliphatic hydroxyl groups is 1. The van der Waals surface area contributed by atoms with E-state index >= 15 is 0 Å². The van der Waals surface area contributed by atoms with Crippen molar-refractivity contribution >= 4 is 13.7 Å². The molecule has 1 amide bonds. The van der Waals surface area contributed by atoms with E-state index in [9.17, 15) is 19.4 Å². The highest BCUT2D eigenvalue weighted by molar-refractivity contribution is 7.45. The average molecular weight is 1020 g/mol. The van der Waals surface area contributed by atoms with Crippen molar-refractivity contribution in [3.8, 4) is 0 Å². The van der Waals surface area contributed by atoms with Gasteiger partial charge < -0.3 is 28.8 Å². The number of rotatable bonds is 57. The molecule has 2 N–H and O–H groups in total. The summed E-state index contributed by atoms with van der Waals surface area (Å²) in [5.41, 5.74) is 0. The molecule has 0 fully saturated rings. The number of aliphatic hydroxyl groups excluding tert-OH is 1. The van der Waals surface area contributed by atoms with Crippen molar-refractivity contribution in [3.63, 3.8) is 0 Å². The molecule has 0 spiro atoms. The lowest BCUT2D eigenvalue weighted by molar-refractivity contribution is -0.870. The molecule has 0 aliphatic carbocycles. The number of quaternary nitrogens is 1. The third-order valence-corrected chi connectivity index (χ3v) is 15.1. The molecule has 3 atom stereocenters. The van der Waals surface area contributed by atoms with Crippen LogP contribution in [0.3, 0.4) is 0 Å². The van der Waals surface area contributed by atoms with Crippen molar-refractivity contribution in [1.29, 1.82) is 0 Å². The quantitative estimate of drug-likeness (QED) is 0.0272. The van der Waals surface area contributed by atoms with Gasteiger partial charge in [-0.1, -0.05) is 294 Å². The van der Waals surface area contributed by atoms with E-state index in [4.69, 9.17) is 9.05 Å². The Morgan fingerprint density at radius 3 is 1.14 bits per heavy atom. The predicted molar refractivity (Wildman–Crippen MR) is 307 cm³/mol. The number of carbonyl (C=O) groups is 1. The fourth-order valence-electron chi connectivity index (χ4n) is 9.37. The molecule has 0 saturated heterocycles. The summed E-state index contributed by atoms with van der Waals surface area (Å²) in [5.74, 6) is -0.210. The summed E-state index contributed by atoms with van der Waals surface area (Å²) in [6.45, 7) is 4.41. The first-order chi connectivity index (χ1) is 34.5. The van der Waals surface area contributed by atoms with Gasteiger partial charge in [-0.2, -0.15) is 0 Å². The number of allylic oxidation sites excluding steroid dienone is 5. The second-order valence-corrected chi connectivity index (χ2v) is 23.8. The highest BCUT2D eigenvalue weighted by Gasteiger charge is 2.23. The van der Waals surface area contributed by atoms with E-state index in [1.165, 1.54) is 238 Å². The maximum Gasteiger partial charge on any atom is 0.268 e. The first kappa shape index (κ1) is 69.7. The van der Waals surface area contributed by atoms with Crippen LogP contribution in [0.25, 0.3) is 0 Å². The Labute approximate surface area is 442 Å². The number of hydrogen-bond acceptors (Lipinski definition) is 6. The lowest BCUT2D eigenvalue weighted by Crippen LogP contribution is -2.45. The molecule has 0 aromatic rings. The Kier molecular flexibility index (Phi) is 52.6. The zero-order valence-corrected chi connectivity index (χ0v) is 48.8. The third-order valence-electron chi connectivity index (χ3n) is 14.2. The van der Waals surface area contributed by atoms with E-state index in [2.05, 4.69) is 30.5 Å². The van der Waals surface area contributed by atoms with Crippen molar-refractivity contribution in [2.45, 2.75) is 315 Å². The van der Waals surface area contributed by atoms with Crippen molar-refractivity contribution < 1.29 is 32.9 Å². The smallest absolute Gasteiger partial charge is 0.268 e. The molecule has 3 unspecified atom stereocenters. The Balaban J connectivity index is 3.74. The van der Waals surface area contributed by atoms with Gasteiger partial charge in [-0.15, -0.1) is 0 Å². The molecule has 0 rings (SSSR count).